The van der Waals surface area contributed by atoms with Gasteiger partial charge < -0.3 is 15.4 Å². The Hall–Kier alpha value is -3.41. The number of hydrogen-bond acceptors (Lipinski definition) is 5. The van der Waals surface area contributed by atoms with Crippen LogP contribution >= 0.6 is 0 Å². The minimum Gasteiger partial charge on any atom is -0.489 e. The standard InChI is InChI=1S/C23H26N4O2/c1-14(2)29-20-9-7-6-8-18(20)26-23(28)19-12-25-21(13-24-19)27-22-16(4)10-15(3)11-17(22)5/h6-14H,1-5H3,(H,25,27)(H,26,28). The number of anilines is 3. The van der Waals surface area contributed by atoms with Crippen molar-refractivity contribution in [3.63, 3.8) is 0 Å². The van der Waals surface area contributed by atoms with Crippen LogP contribution in [0.2, 0.25) is 0 Å². The number of nitrogens with one attached hydrogen (secondary N) is 2. The first-order valence-electron chi connectivity index (χ1n) is 9.57. The van der Waals surface area contributed by atoms with Gasteiger partial charge in [-0.1, -0.05) is 29.8 Å². The molecule has 0 saturated heterocycles. The lowest BCUT2D eigenvalue weighted by molar-refractivity contribution is 0.102. The Morgan fingerprint density at radius 1 is 1.00 bits per heavy atom. The van der Waals surface area contributed by atoms with Gasteiger partial charge in [0.05, 0.1) is 24.2 Å². The maximum absolute atomic E-state index is 12.6. The van der Waals surface area contributed by atoms with E-state index in [0.29, 0.717) is 17.3 Å². The van der Waals surface area contributed by atoms with Crippen molar-refractivity contribution in [3.05, 3.63) is 71.2 Å². The summed E-state index contributed by atoms with van der Waals surface area (Å²) in [4.78, 5) is 21.2. The largest absolute Gasteiger partial charge is 0.489 e. The van der Waals surface area contributed by atoms with E-state index in [2.05, 4.69) is 39.7 Å². The SMILES string of the molecule is Cc1cc(C)c(Nc2cnc(C(=O)Nc3ccccc3OC(C)C)cn2)c(C)c1. The number of amides is 1. The van der Waals surface area contributed by atoms with Crippen LogP contribution in [0.15, 0.2) is 48.8 Å². The molecule has 0 fully saturated rings. The quantitative estimate of drug-likeness (QED) is 0.606. The molecule has 0 aliphatic heterocycles. The van der Waals surface area contributed by atoms with E-state index in [0.717, 1.165) is 16.8 Å². The molecule has 1 amide bonds. The molecular weight excluding hydrogens is 364 g/mol. The summed E-state index contributed by atoms with van der Waals surface area (Å²) >= 11 is 0. The molecule has 0 atom stereocenters. The molecule has 0 radical (unpaired) electrons. The van der Waals surface area contributed by atoms with E-state index < -0.39 is 0 Å². The van der Waals surface area contributed by atoms with Crippen LogP contribution in [-0.2, 0) is 0 Å². The average Bonchev–Trinajstić information content (AvgIpc) is 2.66. The van der Waals surface area contributed by atoms with E-state index in [4.69, 9.17) is 4.74 Å². The molecule has 0 aliphatic carbocycles. The van der Waals surface area contributed by atoms with E-state index in [1.54, 1.807) is 12.3 Å². The smallest absolute Gasteiger partial charge is 0.275 e. The van der Waals surface area contributed by atoms with Crippen LogP contribution in [-0.4, -0.2) is 22.0 Å². The Labute approximate surface area is 171 Å². The predicted molar refractivity (Wildman–Crippen MR) is 116 cm³/mol. The fourth-order valence-corrected chi connectivity index (χ4v) is 3.13. The van der Waals surface area contributed by atoms with E-state index >= 15 is 0 Å². The second kappa shape index (κ2) is 8.73. The fourth-order valence-electron chi connectivity index (χ4n) is 3.13. The Kier molecular flexibility index (Phi) is 6.12. The summed E-state index contributed by atoms with van der Waals surface area (Å²) in [5, 5.41) is 6.13. The number of hydrogen-bond donors (Lipinski definition) is 2. The third kappa shape index (κ3) is 5.10. The molecule has 0 bridgehead atoms. The number of aryl methyl sites for hydroxylation is 3. The monoisotopic (exact) mass is 390 g/mol. The van der Waals surface area contributed by atoms with Gasteiger partial charge in [0.25, 0.3) is 5.91 Å². The van der Waals surface area contributed by atoms with Crippen molar-refractivity contribution >= 4 is 23.1 Å². The zero-order chi connectivity index (χ0) is 21.0. The highest BCUT2D eigenvalue weighted by atomic mass is 16.5. The predicted octanol–water partition coefficient (Wildman–Crippen LogP) is 5.18. The van der Waals surface area contributed by atoms with Gasteiger partial charge in [-0.3, -0.25) is 4.79 Å². The molecule has 1 heterocycles. The Bertz CT molecular complexity index is 991. The van der Waals surface area contributed by atoms with E-state index in [9.17, 15) is 4.79 Å². The van der Waals surface area contributed by atoms with Crippen LogP contribution in [0.1, 0.15) is 41.0 Å². The van der Waals surface area contributed by atoms with Gasteiger partial charge in [-0.15, -0.1) is 0 Å². The number of carbonyl (C=O) groups excluding carboxylic acids is 1. The summed E-state index contributed by atoms with van der Waals surface area (Å²) in [5.41, 5.74) is 5.31. The first kappa shape index (κ1) is 20.3. The molecule has 0 saturated carbocycles. The lowest BCUT2D eigenvalue weighted by Gasteiger charge is -2.15. The van der Waals surface area contributed by atoms with Gasteiger partial charge >= 0.3 is 0 Å². The highest BCUT2D eigenvalue weighted by Gasteiger charge is 2.13. The maximum Gasteiger partial charge on any atom is 0.275 e. The first-order valence-corrected chi connectivity index (χ1v) is 9.57. The fraction of sp³-hybridized carbons (Fsp3) is 0.261. The van der Waals surface area contributed by atoms with Crippen molar-refractivity contribution in [1.29, 1.82) is 0 Å². The van der Waals surface area contributed by atoms with Gasteiger partial charge in [-0.05, 0) is 57.9 Å². The molecule has 6 nitrogen and oxygen atoms in total. The lowest BCUT2D eigenvalue weighted by atomic mass is 10.1. The van der Waals surface area contributed by atoms with Gasteiger partial charge in [0.15, 0.2) is 0 Å². The molecule has 0 aliphatic rings. The molecule has 3 rings (SSSR count). The average molecular weight is 390 g/mol. The van der Waals surface area contributed by atoms with Gasteiger partial charge in [0.2, 0.25) is 0 Å². The van der Waals surface area contributed by atoms with Crippen molar-refractivity contribution in [2.75, 3.05) is 10.6 Å². The van der Waals surface area contributed by atoms with Crippen LogP contribution in [0.3, 0.4) is 0 Å². The lowest BCUT2D eigenvalue weighted by Crippen LogP contribution is -2.16. The molecule has 6 heteroatoms. The van der Waals surface area contributed by atoms with Crippen LogP contribution in [0.5, 0.6) is 5.75 Å². The van der Waals surface area contributed by atoms with Crippen molar-refractivity contribution in [2.24, 2.45) is 0 Å². The third-order valence-electron chi connectivity index (χ3n) is 4.31. The normalized spacial score (nSPS) is 10.7. The number of rotatable bonds is 6. The number of benzene rings is 2. The minimum atomic E-state index is -0.341. The zero-order valence-electron chi connectivity index (χ0n) is 17.4. The number of carbonyl (C=O) groups is 1. The van der Waals surface area contributed by atoms with E-state index in [1.165, 1.54) is 11.8 Å². The molecule has 3 aromatic rings. The Morgan fingerprint density at radius 3 is 2.31 bits per heavy atom. The molecule has 1 aromatic heterocycles. The van der Waals surface area contributed by atoms with E-state index in [1.807, 2.05) is 45.9 Å². The van der Waals surface area contributed by atoms with Crippen molar-refractivity contribution in [1.82, 2.24) is 9.97 Å². The van der Waals surface area contributed by atoms with Crippen LogP contribution in [0, 0.1) is 20.8 Å². The van der Waals surface area contributed by atoms with Crippen molar-refractivity contribution < 1.29 is 9.53 Å². The van der Waals surface area contributed by atoms with Crippen LogP contribution in [0.4, 0.5) is 17.2 Å². The number of para-hydroxylation sites is 2. The molecule has 150 valence electrons. The third-order valence-corrected chi connectivity index (χ3v) is 4.31. The first-order chi connectivity index (χ1) is 13.8. The molecule has 2 N–H and O–H groups in total. The minimum absolute atomic E-state index is 0.00638. The van der Waals surface area contributed by atoms with Crippen LogP contribution < -0.4 is 15.4 Å². The Balaban J connectivity index is 1.73. The maximum atomic E-state index is 12.6. The zero-order valence-corrected chi connectivity index (χ0v) is 17.4. The van der Waals surface area contributed by atoms with Gasteiger partial charge in [-0.2, -0.15) is 0 Å². The number of aromatic nitrogens is 2. The van der Waals surface area contributed by atoms with Crippen molar-refractivity contribution in [2.45, 2.75) is 40.7 Å². The molecule has 2 aromatic carbocycles. The highest BCUT2D eigenvalue weighted by Crippen LogP contribution is 2.26. The molecular formula is C23H26N4O2. The Morgan fingerprint density at radius 2 is 1.69 bits per heavy atom. The van der Waals surface area contributed by atoms with Gasteiger partial charge in [-0.25, -0.2) is 9.97 Å². The van der Waals surface area contributed by atoms with Gasteiger partial charge in [0.1, 0.15) is 17.3 Å². The summed E-state index contributed by atoms with van der Waals surface area (Å²) in [6.07, 6.45) is 3.03. The van der Waals surface area contributed by atoms with Crippen LogP contribution in [0.25, 0.3) is 0 Å². The summed E-state index contributed by atoms with van der Waals surface area (Å²) in [5.74, 6) is 0.860. The molecule has 29 heavy (non-hydrogen) atoms. The second-order valence-electron chi connectivity index (χ2n) is 7.30. The molecule has 0 spiro atoms. The molecule has 0 unspecified atom stereocenters. The van der Waals surface area contributed by atoms with Crippen molar-refractivity contribution in [3.8, 4) is 5.75 Å². The van der Waals surface area contributed by atoms with Gasteiger partial charge in [0, 0.05) is 5.69 Å². The summed E-state index contributed by atoms with van der Waals surface area (Å²) in [6, 6.07) is 11.5. The highest BCUT2D eigenvalue weighted by molar-refractivity contribution is 6.03. The summed E-state index contributed by atoms with van der Waals surface area (Å²) in [6.45, 7) is 10.0. The summed E-state index contributed by atoms with van der Waals surface area (Å²) in [7, 11) is 0. The number of nitrogens with zero attached hydrogens (tertiary/aromatic N) is 2. The summed E-state index contributed by atoms with van der Waals surface area (Å²) < 4.78 is 5.74. The number of ether oxygens (including phenoxy) is 1. The topological polar surface area (TPSA) is 76.1 Å². The van der Waals surface area contributed by atoms with E-state index in [-0.39, 0.29) is 17.7 Å². The second-order valence-corrected chi connectivity index (χ2v) is 7.30.